The third-order valence-electron chi connectivity index (χ3n) is 3.40. The van der Waals surface area contributed by atoms with Gasteiger partial charge in [0.1, 0.15) is 11.5 Å². The fourth-order valence-corrected chi connectivity index (χ4v) is 1.94. The van der Waals surface area contributed by atoms with Crippen molar-refractivity contribution in [2.45, 2.75) is 19.3 Å². The van der Waals surface area contributed by atoms with Gasteiger partial charge in [-0.3, -0.25) is 4.98 Å². The number of aromatic nitrogens is 1. The fourth-order valence-electron chi connectivity index (χ4n) is 1.94. The molecule has 0 spiro atoms. The number of rotatable bonds is 4. The quantitative estimate of drug-likeness (QED) is 0.917. The first-order chi connectivity index (χ1) is 9.01. The largest absolute Gasteiger partial charge is 0.497 e. The van der Waals surface area contributed by atoms with Crippen LogP contribution in [0, 0.1) is 0 Å². The molecule has 4 heteroatoms. The van der Waals surface area contributed by atoms with Gasteiger partial charge >= 0.3 is 0 Å². The Kier molecular flexibility index (Phi) is 3.62. The average Bonchev–Trinajstić information content (AvgIpc) is 2.45. The van der Waals surface area contributed by atoms with Crippen molar-refractivity contribution >= 4 is 10.9 Å². The van der Waals surface area contributed by atoms with E-state index in [0.29, 0.717) is 6.54 Å². The molecule has 0 aliphatic carbocycles. The number of nitrogens with zero attached hydrogens (tertiary/aromatic N) is 1. The molecule has 0 unspecified atom stereocenters. The van der Waals surface area contributed by atoms with Crippen molar-refractivity contribution in [1.29, 1.82) is 0 Å². The van der Waals surface area contributed by atoms with Crippen LogP contribution in [0.15, 0.2) is 24.3 Å². The van der Waals surface area contributed by atoms with Gasteiger partial charge in [0.05, 0.1) is 19.7 Å². The molecule has 0 fully saturated rings. The first-order valence-corrected chi connectivity index (χ1v) is 6.25. The maximum absolute atomic E-state index is 5.81. The SMILES string of the molecule is COc1cc(OC)c2ccc(C(C)(C)CN)nc2c1. The maximum Gasteiger partial charge on any atom is 0.131 e. The summed E-state index contributed by atoms with van der Waals surface area (Å²) < 4.78 is 10.6. The Labute approximate surface area is 113 Å². The molecular formula is C15H20N2O2. The van der Waals surface area contributed by atoms with Gasteiger partial charge < -0.3 is 15.2 Å². The monoisotopic (exact) mass is 260 g/mol. The molecule has 2 N–H and O–H groups in total. The predicted octanol–water partition coefficient (Wildman–Crippen LogP) is 2.49. The number of hydrogen-bond acceptors (Lipinski definition) is 4. The standard InChI is InChI=1S/C15H20N2O2/c1-15(2,9-16)14-6-5-11-12(17-14)7-10(18-3)8-13(11)19-4/h5-8H,9,16H2,1-4H3. The third kappa shape index (κ3) is 2.49. The van der Waals surface area contributed by atoms with E-state index in [9.17, 15) is 0 Å². The summed E-state index contributed by atoms with van der Waals surface area (Å²) in [6, 6.07) is 7.79. The Balaban J connectivity index is 2.65. The van der Waals surface area contributed by atoms with Crippen molar-refractivity contribution in [3.8, 4) is 11.5 Å². The fraction of sp³-hybridized carbons (Fsp3) is 0.400. The van der Waals surface area contributed by atoms with Gasteiger partial charge in [0.2, 0.25) is 0 Å². The third-order valence-corrected chi connectivity index (χ3v) is 3.40. The number of nitrogens with two attached hydrogens (primary N) is 1. The normalized spacial score (nSPS) is 11.6. The summed E-state index contributed by atoms with van der Waals surface area (Å²) in [4.78, 5) is 4.69. The number of benzene rings is 1. The molecule has 0 atom stereocenters. The van der Waals surface area contributed by atoms with E-state index in [-0.39, 0.29) is 5.41 Å². The van der Waals surface area contributed by atoms with Gasteiger partial charge in [0, 0.05) is 35.2 Å². The molecule has 2 aromatic rings. The summed E-state index contributed by atoms with van der Waals surface area (Å²) in [5.41, 5.74) is 7.48. The minimum atomic E-state index is -0.148. The summed E-state index contributed by atoms with van der Waals surface area (Å²) in [5, 5.41) is 0.972. The van der Waals surface area contributed by atoms with Crippen LogP contribution in [-0.2, 0) is 5.41 Å². The highest BCUT2D eigenvalue weighted by atomic mass is 16.5. The molecule has 0 amide bonds. The van der Waals surface area contributed by atoms with Crippen LogP contribution < -0.4 is 15.2 Å². The van der Waals surface area contributed by atoms with Gasteiger partial charge in [-0.15, -0.1) is 0 Å². The highest BCUT2D eigenvalue weighted by molar-refractivity contribution is 5.87. The first-order valence-electron chi connectivity index (χ1n) is 6.25. The molecule has 1 aromatic carbocycles. The van der Waals surface area contributed by atoms with E-state index >= 15 is 0 Å². The first kappa shape index (κ1) is 13.6. The van der Waals surface area contributed by atoms with Crippen LogP contribution in [0.1, 0.15) is 19.5 Å². The summed E-state index contributed by atoms with van der Waals surface area (Å²) in [6.07, 6.45) is 0. The van der Waals surface area contributed by atoms with Gasteiger partial charge in [-0.1, -0.05) is 13.8 Å². The molecule has 1 aromatic heterocycles. The number of hydrogen-bond donors (Lipinski definition) is 1. The van der Waals surface area contributed by atoms with Crippen LogP contribution in [0.25, 0.3) is 10.9 Å². The van der Waals surface area contributed by atoms with E-state index in [1.807, 2.05) is 24.3 Å². The van der Waals surface area contributed by atoms with Crippen molar-refractivity contribution < 1.29 is 9.47 Å². The molecule has 0 aliphatic heterocycles. The molecule has 102 valence electrons. The van der Waals surface area contributed by atoms with Gasteiger partial charge in [0.15, 0.2) is 0 Å². The predicted molar refractivity (Wildman–Crippen MR) is 76.9 cm³/mol. The zero-order chi connectivity index (χ0) is 14.0. The van der Waals surface area contributed by atoms with Crippen LogP contribution in [-0.4, -0.2) is 25.7 Å². The second kappa shape index (κ2) is 5.05. The van der Waals surface area contributed by atoms with E-state index in [1.165, 1.54) is 0 Å². The molecule has 19 heavy (non-hydrogen) atoms. The molecule has 0 aliphatic rings. The van der Waals surface area contributed by atoms with Crippen molar-refractivity contribution in [3.05, 3.63) is 30.0 Å². The Bertz CT molecular complexity index is 594. The average molecular weight is 260 g/mol. The minimum Gasteiger partial charge on any atom is -0.497 e. The summed E-state index contributed by atoms with van der Waals surface area (Å²) in [5.74, 6) is 1.50. The van der Waals surface area contributed by atoms with Crippen molar-refractivity contribution in [3.63, 3.8) is 0 Å². The zero-order valence-electron chi connectivity index (χ0n) is 11.9. The van der Waals surface area contributed by atoms with Crippen LogP contribution in [0.3, 0.4) is 0 Å². The lowest BCUT2D eigenvalue weighted by Gasteiger charge is -2.22. The smallest absolute Gasteiger partial charge is 0.131 e. The molecule has 4 nitrogen and oxygen atoms in total. The molecule has 0 radical (unpaired) electrons. The van der Waals surface area contributed by atoms with E-state index in [2.05, 4.69) is 13.8 Å². The number of methoxy groups -OCH3 is 2. The Hall–Kier alpha value is -1.81. The molecule has 0 saturated carbocycles. The topological polar surface area (TPSA) is 57.4 Å². The van der Waals surface area contributed by atoms with Crippen LogP contribution in [0.5, 0.6) is 11.5 Å². The van der Waals surface area contributed by atoms with Gasteiger partial charge in [0.25, 0.3) is 0 Å². The Morgan fingerprint density at radius 3 is 2.47 bits per heavy atom. The van der Waals surface area contributed by atoms with E-state index in [0.717, 1.165) is 28.1 Å². The summed E-state index contributed by atoms with van der Waals surface area (Å²) in [7, 11) is 3.28. The maximum atomic E-state index is 5.81. The Morgan fingerprint density at radius 1 is 1.16 bits per heavy atom. The van der Waals surface area contributed by atoms with Crippen molar-refractivity contribution in [1.82, 2.24) is 4.98 Å². The van der Waals surface area contributed by atoms with Gasteiger partial charge in [-0.05, 0) is 12.1 Å². The lowest BCUT2D eigenvalue weighted by molar-refractivity contribution is 0.397. The second-order valence-corrected chi connectivity index (χ2v) is 5.18. The lowest BCUT2D eigenvalue weighted by Crippen LogP contribution is -2.29. The molecule has 2 rings (SSSR count). The van der Waals surface area contributed by atoms with Crippen molar-refractivity contribution in [2.24, 2.45) is 5.73 Å². The van der Waals surface area contributed by atoms with E-state index in [1.54, 1.807) is 14.2 Å². The van der Waals surface area contributed by atoms with Gasteiger partial charge in [-0.2, -0.15) is 0 Å². The highest BCUT2D eigenvalue weighted by Gasteiger charge is 2.21. The summed E-state index contributed by atoms with van der Waals surface area (Å²) >= 11 is 0. The van der Waals surface area contributed by atoms with Crippen LogP contribution in [0.2, 0.25) is 0 Å². The molecule has 0 bridgehead atoms. The molecule has 0 saturated heterocycles. The number of pyridine rings is 1. The summed E-state index contributed by atoms with van der Waals surface area (Å²) in [6.45, 7) is 4.71. The second-order valence-electron chi connectivity index (χ2n) is 5.18. The number of ether oxygens (including phenoxy) is 2. The minimum absolute atomic E-state index is 0.148. The zero-order valence-corrected chi connectivity index (χ0v) is 11.9. The van der Waals surface area contributed by atoms with E-state index < -0.39 is 0 Å². The van der Waals surface area contributed by atoms with Crippen LogP contribution >= 0.6 is 0 Å². The number of fused-ring (bicyclic) bond motifs is 1. The van der Waals surface area contributed by atoms with Crippen molar-refractivity contribution in [2.75, 3.05) is 20.8 Å². The van der Waals surface area contributed by atoms with E-state index in [4.69, 9.17) is 20.2 Å². The Morgan fingerprint density at radius 2 is 1.89 bits per heavy atom. The molecule has 1 heterocycles. The highest BCUT2D eigenvalue weighted by Crippen LogP contribution is 2.32. The molecular weight excluding hydrogens is 240 g/mol. The lowest BCUT2D eigenvalue weighted by atomic mass is 9.88. The van der Waals surface area contributed by atoms with Gasteiger partial charge in [-0.25, -0.2) is 0 Å². The van der Waals surface area contributed by atoms with Crippen LogP contribution in [0.4, 0.5) is 0 Å².